The van der Waals surface area contributed by atoms with Gasteiger partial charge in [-0.05, 0) is 58.3 Å². The zero-order valence-corrected chi connectivity index (χ0v) is 14.1. The third-order valence-electron chi connectivity index (χ3n) is 5.12. The number of nitrogens with one attached hydrogen (secondary N) is 1. The first-order valence-corrected chi connectivity index (χ1v) is 9.76. The predicted octanol–water partition coefficient (Wildman–Crippen LogP) is 3.66. The lowest BCUT2D eigenvalue weighted by Gasteiger charge is -2.40. The first kappa shape index (κ1) is 15.7. The van der Waals surface area contributed by atoms with Gasteiger partial charge in [0.25, 0.3) is 0 Å². The van der Waals surface area contributed by atoms with Crippen LogP contribution in [-0.4, -0.2) is 34.7 Å². The molecule has 3 fully saturated rings. The molecule has 3 saturated carbocycles. The van der Waals surface area contributed by atoms with Crippen LogP contribution in [0.2, 0.25) is 0 Å². The van der Waals surface area contributed by atoms with E-state index in [1.54, 1.807) is 0 Å². The SMILES string of the molecule is CCOC(=O)C1(NC2CC2)CCCC(SC2CCCC2)C1. The van der Waals surface area contributed by atoms with Gasteiger partial charge in [0.05, 0.1) is 6.61 Å². The van der Waals surface area contributed by atoms with E-state index in [0.717, 1.165) is 24.5 Å². The molecule has 0 spiro atoms. The molecule has 1 N–H and O–H groups in total. The van der Waals surface area contributed by atoms with E-state index in [9.17, 15) is 4.79 Å². The third kappa shape index (κ3) is 3.95. The van der Waals surface area contributed by atoms with Crippen molar-refractivity contribution in [2.45, 2.75) is 93.2 Å². The summed E-state index contributed by atoms with van der Waals surface area (Å²) in [5.41, 5.74) is -0.383. The number of hydrogen-bond acceptors (Lipinski definition) is 4. The van der Waals surface area contributed by atoms with Gasteiger partial charge in [-0.15, -0.1) is 0 Å². The van der Waals surface area contributed by atoms with E-state index < -0.39 is 0 Å². The van der Waals surface area contributed by atoms with Crippen LogP contribution in [-0.2, 0) is 9.53 Å². The highest BCUT2D eigenvalue weighted by Crippen LogP contribution is 2.42. The first-order chi connectivity index (χ1) is 10.2. The average Bonchev–Trinajstić information content (AvgIpc) is 3.13. The average molecular weight is 311 g/mol. The molecule has 0 aromatic carbocycles. The van der Waals surface area contributed by atoms with E-state index >= 15 is 0 Å². The number of carbonyl (C=O) groups is 1. The summed E-state index contributed by atoms with van der Waals surface area (Å²) in [5, 5.41) is 5.14. The molecular weight excluding hydrogens is 282 g/mol. The number of hydrogen-bond donors (Lipinski definition) is 1. The maximum atomic E-state index is 12.6. The number of ether oxygens (including phenoxy) is 1. The normalized spacial score (nSPS) is 34.0. The zero-order chi connectivity index (χ0) is 14.7. The van der Waals surface area contributed by atoms with Crippen molar-refractivity contribution in [3.8, 4) is 0 Å². The minimum absolute atomic E-state index is 0.00798. The van der Waals surface area contributed by atoms with E-state index in [4.69, 9.17) is 4.74 Å². The van der Waals surface area contributed by atoms with Crippen LogP contribution < -0.4 is 5.32 Å². The summed E-state index contributed by atoms with van der Waals surface area (Å²) in [6, 6.07) is 0.560. The van der Waals surface area contributed by atoms with Gasteiger partial charge >= 0.3 is 5.97 Å². The fraction of sp³-hybridized carbons (Fsp3) is 0.941. The third-order valence-corrected chi connectivity index (χ3v) is 6.76. The monoisotopic (exact) mass is 311 g/mol. The summed E-state index contributed by atoms with van der Waals surface area (Å²) < 4.78 is 5.42. The van der Waals surface area contributed by atoms with Crippen molar-refractivity contribution in [3.05, 3.63) is 0 Å². The standard InChI is InChI=1S/C17H29NO2S/c1-2-20-16(19)17(18-13-9-10-13)11-5-8-15(12-17)21-14-6-3-4-7-14/h13-15,18H,2-12H2,1H3. The summed E-state index contributed by atoms with van der Waals surface area (Å²) in [5.74, 6) is 0.00798. The van der Waals surface area contributed by atoms with Crippen molar-refractivity contribution in [2.24, 2.45) is 0 Å². The van der Waals surface area contributed by atoms with Crippen LogP contribution in [0.1, 0.15) is 71.1 Å². The van der Waals surface area contributed by atoms with Gasteiger partial charge in [0.2, 0.25) is 0 Å². The molecule has 2 unspecified atom stereocenters. The summed E-state index contributed by atoms with van der Waals surface area (Å²) in [6.07, 6.45) is 12.4. The van der Waals surface area contributed by atoms with Crippen LogP contribution in [0.5, 0.6) is 0 Å². The lowest BCUT2D eigenvalue weighted by Crippen LogP contribution is -2.57. The molecule has 0 bridgehead atoms. The summed E-state index contributed by atoms with van der Waals surface area (Å²) in [4.78, 5) is 12.6. The Bertz CT molecular complexity index is 366. The maximum Gasteiger partial charge on any atom is 0.326 e. The van der Waals surface area contributed by atoms with Crippen molar-refractivity contribution in [2.75, 3.05) is 6.61 Å². The summed E-state index contributed by atoms with van der Waals surface area (Å²) >= 11 is 2.17. The Morgan fingerprint density at radius 3 is 2.52 bits per heavy atom. The predicted molar refractivity (Wildman–Crippen MR) is 87.6 cm³/mol. The number of thioether (sulfide) groups is 1. The number of rotatable bonds is 6. The molecule has 2 atom stereocenters. The molecule has 4 heteroatoms. The molecule has 0 aromatic heterocycles. The van der Waals surface area contributed by atoms with Crippen LogP contribution in [0.4, 0.5) is 0 Å². The highest BCUT2D eigenvalue weighted by molar-refractivity contribution is 8.00. The van der Waals surface area contributed by atoms with E-state index in [1.807, 2.05) is 6.92 Å². The molecule has 3 aliphatic carbocycles. The Labute approximate surface area is 133 Å². The molecule has 0 heterocycles. The minimum Gasteiger partial charge on any atom is -0.465 e. The van der Waals surface area contributed by atoms with Crippen molar-refractivity contribution in [1.29, 1.82) is 0 Å². The molecule has 3 nitrogen and oxygen atoms in total. The number of esters is 1. The van der Waals surface area contributed by atoms with Crippen LogP contribution in [0.3, 0.4) is 0 Å². The minimum atomic E-state index is -0.383. The van der Waals surface area contributed by atoms with Crippen LogP contribution in [0.25, 0.3) is 0 Å². The lowest BCUT2D eigenvalue weighted by atomic mass is 9.81. The second-order valence-electron chi connectivity index (χ2n) is 6.98. The van der Waals surface area contributed by atoms with Crippen molar-refractivity contribution >= 4 is 17.7 Å². The Balaban J connectivity index is 1.64. The molecule has 120 valence electrons. The summed E-state index contributed by atoms with van der Waals surface area (Å²) in [6.45, 7) is 2.41. The molecule has 3 rings (SSSR count). The van der Waals surface area contributed by atoms with Crippen molar-refractivity contribution < 1.29 is 9.53 Å². The van der Waals surface area contributed by atoms with Gasteiger partial charge in [0.15, 0.2) is 0 Å². The molecule has 21 heavy (non-hydrogen) atoms. The van der Waals surface area contributed by atoms with Crippen molar-refractivity contribution in [1.82, 2.24) is 5.32 Å². The Kier molecular flexibility index (Phi) is 5.15. The smallest absolute Gasteiger partial charge is 0.326 e. The maximum absolute atomic E-state index is 12.6. The lowest BCUT2D eigenvalue weighted by molar-refractivity contribution is -0.152. The van der Waals surface area contributed by atoms with Crippen molar-refractivity contribution in [3.63, 3.8) is 0 Å². The second-order valence-corrected chi connectivity index (χ2v) is 8.59. The van der Waals surface area contributed by atoms with Gasteiger partial charge in [-0.25, -0.2) is 0 Å². The Morgan fingerprint density at radius 2 is 1.86 bits per heavy atom. The van der Waals surface area contributed by atoms with E-state index in [0.29, 0.717) is 17.9 Å². The van der Waals surface area contributed by atoms with Gasteiger partial charge in [-0.3, -0.25) is 10.1 Å². The zero-order valence-electron chi connectivity index (χ0n) is 13.2. The van der Waals surface area contributed by atoms with Gasteiger partial charge in [-0.1, -0.05) is 12.8 Å². The molecule has 0 saturated heterocycles. The van der Waals surface area contributed by atoms with Crippen LogP contribution in [0, 0.1) is 0 Å². The summed E-state index contributed by atoms with van der Waals surface area (Å²) in [7, 11) is 0. The van der Waals surface area contributed by atoms with Gasteiger partial charge in [0, 0.05) is 16.5 Å². The Morgan fingerprint density at radius 1 is 1.14 bits per heavy atom. The van der Waals surface area contributed by atoms with Gasteiger partial charge in [0.1, 0.15) is 5.54 Å². The number of carbonyl (C=O) groups excluding carboxylic acids is 1. The first-order valence-electron chi connectivity index (χ1n) is 8.82. The van der Waals surface area contributed by atoms with Gasteiger partial charge in [-0.2, -0.15) is 11.8 Å². The fourth-order valence-corrected chi connectivity index (χ4v) is 5.73. The van der Waals surface area contributed by atoms with Crippen LogP contribution >= 0.6 is 11.8 Å². The van der Waals surface area contributed by atoms with Gasteiger partial charge < -0.3 is 4.74 Å². The quantitative estimate of drug-likeness (QED) is 0.760. The van der Waals surface area contributed by atoms with Crippen LogP contribution in [0.15, 0.2) is 0 Å². The topological polar surface area (TPSA) is 38.3 Å². The van der Waals surface area contributed by atoms with E-state index in [2.05, 4.69) is 17.1 Å². The molecule has 0 radical (unpaired) electrons. The molecule has 0 aromatic rings. The van der Waals surface area contributed by atoms with E-state index in [1.165, 1.54) is 44.9 Å². The molecule has 3 aliphatic rings. The Hall–Kier alpha value is -0.220. The highest BCUT2D eigenvalue weighted by Gasteiger charge is 2.47. The van der Waals surface area contributed by atoms with E-state index in [-0.39, 0.29) is 11.5 Å². The molecule has 0 amide bonds. The molecular formula is C17H29NO2S. The largest absolute Gasteiger partial charge is 0.465 e. The highest BCUT2D eigenvalue weighted by atomic mass is 32.2. The fourth-order valence-electron chi connectivity index (χ4n) is 3.90. The molecule has 0 aliphatic heterocycles. The second kappa shape index (κ2) is 6.91.